The Morgan fingerprint density at radius 1 is 0.704 bits per heavy atom. The number of rotatable bonds is 15. The van der Waals surface area contributed by atoms with Crippen molar-refractivity contribution >= 4 is 23.2 Å². The molecule has 0 aromatic carbocycles. The Kier molecular flexibility index (Phi) is 10.1. The first-order chi connectivity index (χ1) is 13.2. The zero-order valence-electron chi connectivity index (χ0n) is 17.3. The van der Waals surface area contributed by atoms with Gasteiger partial charge in [0.25, 0.3) is 11.8 Å². The molecule has 4 heteroatoms. The van der Waals surface area contributed by atoms with E-state index in [1.807, 2.05) is 10.8 Å². The third-order valence-electron chi connectivity index (χ3n) is 5.71. The van der Waals surface area contributed by atoms with Gasteiger partial charge >= 0.3 is 0 Å². The van der Waals surface area contributed by atoms with Crippen molar-refractivity contribution in [2.75, 3.05) is 0 Å². The molecule has 0 aliphatic carbocycles. The molecule has 0 saturated heterocycles. The van der Waals surface area contributed by atoms with Crippen molar-refractivity contribution in [3.63, 3.8) is 0 Å². The van der Waals surface area contributed by atoms with Crippen LogP contribution in [-0.4, -0.2) is 22.8 Å². The number of carbonyl (C=O) groups excluding carboxylic acids is 2. The largest absolute Gasteiger partial charge is 0.271 e. The van der Waals surface area contributed by atoms with Gasteiger partial charge in [0.2, 0.25) is 0 Å². The third kappa shape index (κ3) is 6.44. The van der Waals surface area contributed by atoms with Gasteiger partial charge < -0.3 is 0 Å². The van der Waals surface area contributed by atoms with E-state index in [0.717, 1.165) is 25.7 Å². The summed E-state index contributed by atoms with van der Waals surface area (Å²) in [7, 11) is 0. The van der Waals surface area contributed by atoms with Gasteiger partial charge in [-0.25, -0.2) is 0 Å². The standard InChI is InChI=1S/C23H37NO2S/c1-3-5-7-9-11-13-15-19(16-14-12-10-8-6-4-2)24-22(25)20-17-27-18-21(20)23(24)26/h17-19H,3-16H2,1-2H3. The SMILES string of the molecule is CCCCCCCCC(CCCCCCCC)N1C(=O)c2cscc2C1=O. The average molecular weight is 392 g/mol. The van der Waals surface area contributed by atoms with Crippen LogP contribution in [0.4, 0.5) is 0 Å². The lowest BCUT2D eigenvalue weighted by Crippen LogP contribution is -2.40. The van der Waals surface area contributed by atoms with Crippen LogP contribution in [-0.2, 0) is 0 Å². The molecule has 152 valence electrons. The van der Waals surface area contributed by atoms with Crippen molar-refractivity contribution in [1.29, 1.82) is 0 Å². The van der Waals surface area contributed by atoms with E-state index in [-0.39, 0.29) is 17.9 Å². The lowest BCUT2D eigenvalue weighted by Gasteiger charge is -2.26. The molecule has 27 heavy (non-hydrogen) atoms. The average Bonchev–Trinajstić information content (AvgIpc) is 3.24. The first-order valence-corrected chi connectivity index (χ1v) is 12.1. The van der Waals surface area contributed by atoms with E-state index in [1.165, 1.54) is 75.5 Å². The zero-order chi connectivity index (χ0) is 19.5. The number of nitrogens with zero attached hydrogens (tertiary/aromatic N) is 1. The maximum absolute atomic E-state index is 12.8. The molecule has 0 N–H and O–H groups in total. The summed E-state index contributed by atoms with van der Waals surface area (Å²) in [4.78, 5) is 27.1. The third-order valence-corrected chi connectivity index (χ3v) is 6.45. The van der Waals surface area contributed by atoms with E-state index in [4.69, 9.17) is 0 Å². The smallest absolute Gasteiger partial charge is 0.262 e. The van der Waals surface area contributed by atoms with Crippen molar-refractivity contribution in [2.45, 2.75) is 110 Å². The van der Waals surface area contributed by atoms with Crippen molar-refractivity contribution in [2.24, 2.45) is 0 Å². The monoisotopic (exact) mass is 391 g/mol. The lowest BCUT2D eigenvalue weighted by atomic mass is 9.98. The molecule has 2 amide bonds. The zero-order valence-corrected chi connectivity index (χ0v) is 18.1. The Morgan fingerprint density at radius 3 is 1.56 bits per heavy atom. The molecular weight excluding hydrogens is 354 g/mol. The van der Waals surface area contributed by atoms with E-state index in [0.29, 0.717) is 11.1 Å². The van der Waals surface area contributed by atoms with E-state index in [2.05, 4.69) is 13.8 Å². The number of hydrogen-bond acceptors (Lipinski definition) is 3. The summed E-state index contributed by atoms with van der Waals surface area (Å²) < 4.78 is 0. The van der Waals surface area contributed by atoms with E-state index >= 15 is 0 Å². The Morgan fingerprint density at radius 2 is 1.11 bits per heavy atom. The highest BCUT2D eigenvalue weighted by Crippen LogP contribution is 2.31. The number of imide groups is 1. The molecule has 3 nitrogen and oxygen atoms in total. The van der Waals surface area contributed by atoms with Crippen LogP contribution in [0.15, 0.2) is 10.8 Å². The Balaban J connectivity index is 1.86. The minimum Gasteiger partial charge on any atom is -0.271 e. The van der Waals surface area contributed by atoms with Gasteiger partial charge in [0.15, 0.2) is 0 Å². The summed E-state index contributed by atoms with van der Waals surface area (Å²) in [6.45, 7) is 4.47. The predicted octanol–water partition coefficient (Wildman–Crippen LogP) is 7.21. The van der Waals surface area contributed by atoms with Crippen LogP contribution in [0.1, 0.15) is 124 Å². The van der Waals surface area contributed by atoms with Gasteiger partial charge in [-0.3, -0.25) is 14.5 Å². The number of amides is 2. The van der Waals surface area contributed by atoms with Crippen molar-refractivity contribution in [3.8, 4) is 0 Å². The maximum atomic E-state index is 12.8. The summed E-state index contributed by atoms with van der Waals surface area (Å²) >= 11 is 1.45. The second kappa shape index (κ2) is 12.3. The number of carbonyl (C=O) groups is 2. The van der Waals surface area contributed by atoms with Gasteiger partial charge in [-0.15, -0.1) is 0 Å². The maximum Gasteiger partial charge on any atom is 0.262 e. The fraction of sp³-hybridized carbons (Fsp3) is 0.739. The summed E-state index contributed by atoms with van der Waals surface area (Å²) in [6, 6.07) is 0.0831. The molecule has 0 bridgehead atoms. The number of hydrogen-bond donors (Lipinski definition) is 0. The van der Waals surface area contributed by atoms with Crippen LogP contribution < -0.4 is 0 Å². The minimum absolute atomic E-state index is 0.0572. The molecule has 1 aliphatic rings. The molecule has 0 unspecified atom stereocenters. The Hall–Kier alpha value is -1.16. The fourth-order valence-corrected chi connectivity index (χ4v) is 4.83. The Labute approximate surface area is 169 Å². The van der Waals surface area contributed by atoms with Crippen LogP contribution in [0.5, 0.6) is 0 Å². The molecule has 1 aromatic rings. The molecule has 0 spiro atoms. The quantitative estimate of drug-likeness (QED) is 0.234. The first-order valence-electron chi connectivity index (χ1n) is 11.1. The summed E-state index contributed by atoms with van der Waals surface area (Å²) in [5, 5.41) is 3.67. The van der Waals surface area contributed by atoms with E-state index in [1.54, 1.807) is 4.90 Å². The van der Waals surface area contributed by atoms with Gasteiger partial charge in [0.05, 0.1) is 11.1 Å². The highest BCUT2D eigenvalue weighted by Gasteiger charge is 2.40. The second-order valence-electron chi connectivity index (χ2n) is 7.95. The van der Waals surface area contributed by atoms with Crippen LogP contribution in [0.2, 0.25) is 0 Å². The number of thiophene rings is 1. The minimum atomic E-state index is -0.0572. The first kappa shape index (κ1) is 22.1. The van der Waals surface area contributed by atoms with Crippen LogP contribution >= 0.6 is 11.3 Å². The van der Waals surface area contributed by atoms with Gasteiger partial charge in [-0.05, 0) is 12.8 Å². The van der Waals surface area contributed by atoms with Gasteiger partial charge in [0, 0.05) is 16.8 Å². The van der Waals surface area contributed by atoms with Crippen molar-refractivity contribution in [1.82, 2.24) is 4.90 Å². The molecule has 0 atom stereocenters. The highest BCUT2D eigenvalue weighted by atomic mass is 32.1. The van der Waals surface area contributed by atoms with E-state index < -0.39 is 0 Å². The van der Waals surface area contributed by atoms with Crippen molar-refractivity contribution < 1.29 is 9.59 Å². The topological polar surface area (TPSA) is 37.4 Å². The summed E-state index contributed by atoms with van der Waals surface area (Å²) in [5.41, 5.74) is 1.25. The molecule has 0 radical (unpaired) electrons. The van der Waals surface area contributed by atoms with Gasteiger partial charge in [-0.2, -0.15) is 11.3 Å². The van der Waals surface area contributed by atoms with E-state index in [9.17, 15) is 9.59 Å². The molecule has 0 fully saturated rings. The fourth-order valence-electron chi connectivity index (χ4n) is 4.03. The van der Waals surface area contributed by atoms with Gasteiger partial charge in [-0.1, -0.05) is 90.9 Å². The van der Waals surface area contributed by atoms with Gasteiger partial charge in [0.1, 0.15) is 0 Å². The molecule has 2 rings (SSSR count). The van der Waals surface area contributed by atoms with Crippen molar-refractivity contribution in [3.05, 3.63) is 21.9 Å². The molecule has 1 aliphatic heterocycles. The Bertz CT molecular complexity index is 534. The second-order valence-corrected chi connectivity index (χ2v) is 8.69. The highest BCUT2D eigenvalue weighted by molar-refractivity contribution is 7.08. The van der Waals surface area contributed by atoms with Crippen LogP contribution in [0.25, 0.3) is 0 Å². The summed E-state index contributed by atoms with van der Waals surface area (Å²) in [5.74, 6) is -0.114. The lowest BCUT2D eigenvalue weighted by molar-refractivity contribution is 0.0563. The predicted molar refractivity (Wildman–Crippen MR) is 115 cm³/mol. The molecule has 0 saturated carbocycles. The summed E-state index contributed by atoms with van der Waals surface area (Å²) in [6.07, 6.45) is 16.9. The normalized spacial score (nSPS) is 13.8. The van der Waals surface area contributed by atoms with Crippen LogP contribution in [0.3, 0.4) is 0 Å². The molecule has 1 aromatic heterocycles. The number of fused-ring (bicyclic) bond motifs is 1. The molecular formula is C23H37NO2S. The number of unbranched alkanes of at least 4 members (excludes halogenated alkanes) is 10. The van der Waals surface area contributed by atoms with Crippen LogP contribution in [0, 0.1) is 0 Å². The molecule has 2 heterocycles.